The predicted molar refractivity (Wildman–Crippen MR) is 104 cm³/mol. The number of amides is 1. The fraction of sp³-hybridized carbons (Fsp3) is 0.778. The van der Waals surface area contributed by atoms with Gasteiger partial charge >= 0.3 is 5.97 Å². The van der Waals surface area contributed by atoms with Crippen LogP contribution in [0.1, 0.15) is 64.7 Å². The standard InChI is InChI=1S/C18H31NO3S2/c1-15(2)18(21)22-13-8-12-19-17(20)10-7-5-3-4-6-9-16-11-14-23-24-16/h16H,1,3-14H2,2H3,(H,19,20). The van der Waals surface area contributed by atoms with Crippen LogP contribution in [0.25, 0.3) is 0 Å². The van der Waals surface area contributed by atoms with Crippen molar-refractivity contribution in [3.05, 3.63) is 12.2 Å². The first kappa shape index (κ1) is 21.4. The van der Waals surface area contributed by atoms with E-state index in [1.165, 1.54) is 37.9 Å². The molecule has 0 spiro atoms. The molecule has 1 amide bonds. The van der Waals surface area contributed by atoms with Gasteiger partial charge in [0, 0.05) is 29.5 Å². The SMILES string of the molecule is C=C(C)C(=O)OCCCNC(=O)CCCCCCCC1CCSS1. The van der Waals surface area contributed by atoms with E-state index in [0.717, 1.165) is 18.1 Å². The molecule has 1 atom stereocenters. The van der Waals surface area contributed by atoms with Gasteiger partial charge in [-0.2, -0.15) is 0 Å². The number of hydrogen-bond acceptors (Lipinski definition) is 5. The van der Waals surface area contributed by atoms with Crippen molar-refractivity contribution in [2.75, 3.05) is 18.9 Å². The van der Waals surface area contributed by atoms with Crippen LogP contribution in [0.4, 0.5) is 0 Å². The third-order valence-corrected chi connectivity index (χ3v) is 6.89. The van der Waals surface area contributed by atoms with E-state index in [0.29, 0.717) is 31.6 Å². The molecule has 0 saturated carbocycles. The van der Waals surface area contributed by atoms with Gasteiger partial charge in [-0.3, -0.25) is 4.79 Å². The first-order valence-corrected chi connectivity index (χ1v) is 11.4. The number of ether oxygens (including phenoxy) is 1. The molecular weight excluding hydrogens is 342 g/mol. The molecule has 1 N–H and O–H groups in total. The van der Waals surface area contributed by atoms with Gasteiger partial charge in [0.25, 0.3) is 0 Å². The van der Waals surface area contributed by atoms with Crippen LogP contribution in [0.3, 0.4) is 0 Å². The normalized spacial score (nSPS) is 16.8. The van der Waals surface area contributed by atoms with Crippen molar-refractivity contribution in [3.8, 4) is 0 Å². The maximum Gasteiger partial charge on any atom is 0.333 e. The van der Waals surface area contributed by atoms with Gasteiger partial charge in [0.05, 0.1) is 6.61 Å². The van der Waals surface area contributed by atoms with Crippen LogP contribution in [-0.2, 0) is 14.3 Å². The van der Waals surface area contributed by atoms with Crippen LogP contribution in [0.5, 0.6) is 0 Å². The van der Waals surface area contributed by atoms with Gasteiger partial charge in [-0.15, -0.1) is 0 Å². The molecule has 1 fully saturated rings. The summed E-state index contributed by atoms with van der Waals surface area (Å²) in [4.78, 5) is 22.8. The maximum absolute atomic E-state index is 11.7. The Hall–Kier alpha value is -0.620. The van der Waals surface area contributed by atoms with E-state index in [-0.39, 0.29) is 11.9 Å². The molecule has 138 valence electrons. The highest BCUT2D eigenvalue weighted by Crippen LogP contribution is 2.39. The molecule has 1 saturated heterocycles. The molecule has 1 rings (SSSR count). The highest BCUT2D eigenvalue weighted by Gasteiger charge is 2.15. The van der Waals surface area contributed by atoms with Crippen molar-refractivity contribution in [1.29, 1.82) is 0 Å². The molecule has 0 bridgehead atoms. The van der Waals surface area contributed by atoms with Gasteiger partial charge in [-0.05, 0) is 32.6 Å². The zero-order chi connectivity index (χ0) is 17.6. The molecule has 24 heavy (non-hydrogen) atoms. The first-order valence-electron chi connectivity index (χ1n) is 8.97. The third kappa shape index (κ3) is 11.0. The van der Waals surface area contributed by atoms with Crippen LogP contribution in [0.2, 0.25) is 0 Å². The van der Waals surface area contributed by atoms with Crippen LogP contribution in [-0.4, -0.2) is 36.0 Å². The highest BCUT2D eigenvalue weighted by molar-refractivity contribution is 8.77. The number of carbonyl (C=O) groups excluding carboxylic acids is 2. The zero-order valence-electron chi connectivity index (χ0n) is 14.8. The minimum Gasteiger partial charge on any atom is -0.462 e. The van der Waals surface area contributed by atoms with E-state index in [4.69, 9.17) is 4.74 Å². The minimum absolute atomic E-state index is 0.0978. The fourth-order valence-corrected chi connectivity index (χ4v) is 5.46. The van der Waals surface area contributed by atoms with Crippen molar-refractivity contribution in [3.63, 3.8) is 0 Å². The molecule has 1 aliphatic rings. The summed E-state index contributed by atoms with van der Waals surface area (Å²) in [5, 5.41) is 3.75. The Morgan fingerprint density at radius 2 is 1.92 bits per heavy atom. The number of carbonyl (C=O) groups is 2. The smallest absolute Gasteiger partial charge is 0.333 e. The Kier molecular flexibility index (Phi) is 12.2. The summed E-state index contributed by atoms with van der Waals surface area (Å²) in [6.07, 6.45) is 9.92. The van der Waals surface area contributed by atoms with Gasteiger partial charge in [-0.25, -0.2) is 4.79 Å². The minimum atomic E-state index is -0.369. The number of rotatable bonds is 13. The second kappa shape index (κ2) is 13.6. The van der Waals surface area contributed by atoms with E-state index in [9.17, 15) is 9.59 Å². The molecule has 0 aromatic carbocycles. The Morgan fingerprint density at radius 1 is 1.17 bits per heavy atom. The molecule has 6 heteroatoms. The van der Waals surface area contributed by atoms with E-state index in [1.807, 2.05) is 10.8 Å². The summed E-state index contributed by atoms with van der Waals surface area (Å²) in [6, 6.07) is 0. The molecule has 4 nitrogen and oxygen atoms in total. The monoisotopic (exact) mass is 373 g/mol. The van der Waals surface area contributed by atoms with Crippen molar-refractivity contribution < 1.29 is 14.3 Å². The summed E-state index contributed by atoms with van der Waals surface area (Å²) in [7, 11) is 4.07. The van der Waals surface area contributed by atoms with Gasteiger partial charge in [0.2, 0.25) is 5.91 Å². The van der Waals surface area contributed by atoms with Gasteiger partial charge < -0.3 is 10.1 Å². The number of hydrogen-bond donors (Lipinski definition) is 1. The number of unbranched alkanes of at least 4 members (excludes halogenated alkanes) is 4. The van der Waals surface area contributed by atoms with E-state index in [1.54, 1.807) is 6.92 Å². The molecule has 0 radical (unpaired) electrons. The lowest BCUT2D eigenvalue weighted by molar-refractivity contribution is -0.138. The molecule has 1 aliphatic heterocycles. The highest BCUT2D eigenvalue weighted by atomic mass is 33.1. The second-order valence-electron chi connectivity index (χ2n) is 6.26. The predicted octanol–water partition coefficient (Wildman–Crippen LogP) is 4.50. The molecule has 0 aromatic rings. The Balaban J connectivity index is 1.82. The van der Waals surface area contributed by atoms with Crippen molar-refractivity contribution >= 4 is 33.5 Å². The molecular formula is C18H31NO3S2. The summed E-state index contributed by atoms with van der Waals surface area (Å²) in [6.45, 7) is 6.02. The van der Waals surface area contributed by atoms with Crippen LogP contribution >= 0.6 is 21.6 Å². The van der Waals surface area contributed by atoms with Crippen LogP contribution in [0, 0.1) is 0 Å². The Morgan fingerprint density at radius 3 is 2.62 bits per heavy atom. The van der Waals surface area contributed by atoms with E-state index >= 15 is 0 Å². The lowest BCUT2D eigenvalue weighted by Crippen LogP contribution is -2.25. The second-order valence-corrected chi connectivity index (χ2v) is 9.04. The van der Waals surface area contributed by atoms with Crippen LogP contribution < -0.4 is 5.32 Å². The van der Waals surface area contributed by atoms with Gasteiger partial charge in [0.1, 0.15) is 0 Å². The molecule has 0 aliphatic carbocycles. The first-order chi connectivity index (χ1) is 11.6. The van der Waals surface area contributed by atoms with Gasteiger partial charge in [-0.1, -0.05) is 53.9 Å². The third-order valence-electron chi connectivity index (χ3n) is 3.88. The van der Waals surface area contributed by atoms with Crippen molar-refractivity contribution in [1.82, 2.24) is 5.32 Å². The Labute approximate surface area is 154 Å². The number of esters is 1. The van der Waals surface area contributed by atoms with Gasteiger partial charge in [0.15, 0.2) is 0 Å². The summed E-state index contributed by atoms with van der Waals surface area (Å²) in [5.74, 6) is 1.05. The fourth-order valence-electron chi connectivity index (χ4n) is 2.43. The van der Waals surface area contributed by atoms with Crippen molar-refractivity contribution in [2.45, 2.75) is 70.0 Å². The van der Waals surface area contributed by atoms with Crippen LogP contribution in [0.15, 0.2) is 12.2 Å². The quantitative estimate of drug-likeness (QED) is 0.223. The summed E-state index contributed by atoms with van der Waals surface area (Å²) < 4.78 is 4.97. The summed E-state index contributed by atoms with van der Waals surface area (Å²) >= 11 is 0. The Bertz CT molecular complexity index is 396. The lowest BCUT2D eigenvalue weighted by Gasteiger charge is -2.07. The largest absolute Gasteiger partial charge is 0.462 e. The average molecular weight is 374 g/mol. The maximum atomic E-state index is 11.7. The van der Waals surface area contributed by atoms with E-state index < -0.39 is 0 Å². The molecule has 1 unspecified atom stereocenters. The van der Waals surface area contributed by atoms with E-state index in [2.05, 4.69) is 22.7 Å². The molecule has 0 aromatic heterocycles. The summed E-state index contributed by atoms with van der Waals surface area (Å²) in [5.41, 5.74) is 0.403. The average Bonchev–Trinajstić information content (AvgIpc) is 3.06. The van der Waals surface area contributed by atoms with Crippen molar-refractivity contribution in [2.24, 2.45) is 0 Å². The topological polar surface area (TPSA) is 55.4 Å². The zero-order valence-corrected chi connectivity index (χ0v) is 16.4. The number of nitrogens with one attached hydrogen (secondary N) is 1. The lowest BCUT2D eigenvalue weighted by atomic mass is 10.1. The molecule has 1 heterocycles.